The number of ether oxygens (including phenoxy) is 1. The van der Waals surface area contributed by atoms with Gasteiger partial charge in [0.25, 0.3) is 0 Å². The Kier molecular flexibility index (Phi) is 4.74. The number of carbonyl (C=O) groups excluding carboxylic acids is 1. The Morgan fingerprint density at radius 1 is 1.43 bits per heavy atom. The molecule has 1 aromatic rings. The second-order valence-electron chi connectivity index (χ2n) is 4.84. The zero-order valence-corrected chi connectivity index (χ0v) is 11.7. The van der Waals surface area contributed by atoms with E-state index in [1.807, 2.05) is 0 Å². The number of amides is 2. The lowest BCUT2D eigenvalue weighted by Crippen LogP contribution is -2.53. The van der Waals surface area contributed by atoms with Crippen molar-refractivity contribution < 1.29 is 23.8 Å². The van der Waals surface area contributed by atoms with Crippen LogP contribution in [0.4, 0.5) is 14.9 Å². The maximum absolute atomic E-state index is 12.9. The van der Waals surface area contributed by atoms with Crippen molar-refractivity contribution in [2.45, 2.75) is 12.5 Å². The lowest BCUT2D eigenvalue weighted by atomic mass is 10.1. The van der Waals surface area contributed by atoms with E-state index in [9.17, 15) is 14.0 Å². The van der Waals surface area contributed by atoms with Crippen LogP contribution in [0.5, 0.6) is 0 Å². The highest BCUT2D eigenvalue weighted by Gasteiger charge is 2.31. The van der Waals surface area contributed by atoms with Crippen molar-refractivity contribution in [3.05, 3.63) is 30.1 Å². The number of aliphatic carboxylic acids is 1. The lowest BCUT2D eigenvalue weighted by Gasteiger charge is -2.37. The molecule has 1 aliphatic rings. The van der Waals surface area contributed by atoms with Gasteiger partial charge in [0.2, 0.25) is 0 Å². The molecule has 1 unspecified atom stereocenters. The van der Waals surface area contributed by atoms with Gasteiger partial charge in [-0.1, -0.05) is 0 Å². The first kappa shape index (κ1) is 15.2. The SMILES string of the molecule is CN(C(=O)N1CCOCC1CC(=O)O)c1ccc(F)cc1. The number of anilines is 1. The van der Waals surface area contributed by atoms with Crippen molar-refractivity contribution in [1.29, 1.82) is 0 Å². The first-order valence-electron chi connectivity index (χ1n) is 6.58. The molecular formula is C14H17FN2O4. The molecule has 0 spiro atoms. The van der Waals surface area contributed by atoms with Gasteiger partial charge in [-0.3, -0.25) is 9.69 Å². The molecule has 0 saturated carbocycles. The van der Waals surface area contributed by atoms with Gasteiger partial charge < -0.3 is 14.7 Å². The molecule has 7 heteroatoms. The summed E-state index contributed by atoms with van der Waals surface area (Å²) in [5.74, 6) is -1.36. The summed E-state index contributed by atoms with van der Waals surface area (Å²) in [5, 5.41) is 8.90. The second-order valence-corrected chi connectivity index (χ2v) is 4.84. The number of urea groups is 1. The summed E-state index contributed by atoms with van der Waals surface area (Å²) in [4.78, 5) is 26.2. The van der Waals surface area contributed by atoms with Crippen LogP contribution in [-0.4, -0.2) is 54.9 Å². The number of hydrogen-bond donors (Lipinski definition) is 1. The number of morpholine rings is 1. The van der Waals surface area contributed by atoms with E-state index in [-0.39, 0.29) is 24.9 Å². The van der Waals surface area contributed by atoms with Gasteiger partial charge in [-0.15, -0.1) is 0 Å². The minimum atomic E-state index is -0.979. The van der Waals surface area contributed by atoms with Crippen LogP contribution in [0.1, 0.15) is 6.42 Å². The molecule has 1 saturated heterocycles. The molecule has 1 N–H and O–H groups in total. The highest BCUT2D eigenvalue weighted by molar-refractivity contribution is 5.92. The topological polar surface area (TPSA) is 70.1 Å². The fourth-order valence-electron chi connectivity index (χ4n) is 2.25. The molecule has 0 radical (unpaired) electrons. The number of carbonyl (C=O) groups is 2. The molecule has 2 rings (SSSR count). The average Bonchev–Trinajstić information content (AvgIpc) is 2.46. The van der Waals surface area contributed by atoms with Crippen molar-refractivity contribution in [3.63, 3.8) is 0 Å². The van der Waals surface area contributed by atoms with Gasteiger partial charge in [0.1, 0.15) is 5.82 Å². The molecule has 2 amide bonds. The van der Waals surface area contributed by atoms with E-state index < -0.39 is 12.0 Å². The van der Waals surface area contributed by atoms with Gasteiger partial charge in [-0.05, 0) is 24.3 Å². The van der Waals surface area contributed by atoms with E-state index in [0.29, 0.717) is 18.8 Å². The number of rotatable bonds is 3. The summed E-state index contributed by atoms with van der Waals surface area (Å²) in [5.41, 5.74) is 0.543. The first-order chi connectivity index (χ1) is 9.99. The molecule has 0 bridgehead atoms. The van der Waals surface area contributed by atoms with E-state index in [0.717, 1.165) is 0 Å². The standard InChI is InChI=1S/C14H17FN2O4/c1-16(11-4-2-10(15)3-5-11)14(20)17-6-7-21-9-12(17)8-13(18)19/h2-5,12H,6-9H2,1H3,(H,18,19). The Hall–Kier alpha value is -2.15. The van der Waals surface area contributed by atoms with Crippen LogP contribution in [0, 0.1) is 5.82 Å². The van der Waals surface area contributed by atoms with Crippen LogP contribution in [0.15, 0.2) is 24.3 Å². The van der Waals surface area contributed by atoms with E-state index >= 15 is 0 Å². The van der Waals surface area contributed by atoms with Crippen molar-refractivity contribution in [3.8, 4) is 0 Å². The third-order valence-electron chi connectivity index (χ3n) is 3.38. The lowest BCUT2D eigenvalue weighted by molar-refractivity contribution is -0.139. The van der Waals surface area contributed by atoms with Crippen LogP contribution in [0.3, 0.4) is 0 Å². The van der Waals surface area contributed by atoms with Gasteiger partial charge in [-0.2, -0.15) is 0 Å². The highest BCUT2D eigenvalue weighted by Crippen LogP contribution is 2.18. The van der Waals surface area contributed by atoms with Crippen molar-refractivity contribution >= 4 is 17.7 Å². The molecule has 1 heterocycles. The average molecular weight is 296 g/mol. The maximum Gasteiger partial charge on any atom is 0.324 e. The third kappa shape index (κ3) is 3.69. The number of nitrogens with zero attached hydrogens (tertiary/aromatic N) is 2. The monoisotopic (exact) mass is 296 g/mol. The molecule has 21 heavy (non-hydrogen) atoms. The van der Waals surface area contributed by atoms with E-state index in [4.69, 9.17) is 9.84 Å². The maximum atomic E-state index is 12.9. The van der Waals surface area contributed by atoms with Crippen LogP contribution in [0.25, 0.3) is 0 Å². The minimum absolute atomic E-state index is 0.164. The molecule has 1 aliphatic heterocycles. The molecule has 114 valence electrons. The number of carboxylic acid groups (broad SMARTS) is 1. The molecule has 0 aliphatic carbocycles. The van der Waals surface area contributed by atoms with Gasteiger partial charge in [0, 0.05) is 19.3 Å². The fourth-order valence-corrected chi connectivity index (χ4v) is 2.25. The van der Waals surface area contributed by atoms with Gasteiger partial charge >= 0.3 is 12.0 Å². The normalized spacial score (nSPS) is 18.4. The Morgan fingerprint density at radius 2 is 2.10 bits per heavy atom. The minimum Gasteiger partial charge on any atom is -0.481 e. The summed E-state index contributed by atoms with van der Waals surface area (Å²) >= 11 is 0. The van der Waals surface area contributed by atoms with Gasteiger partial charge in [0.15, 0.2) is 0 Å². The van der Waals surface area contributed by atoms with Crippen LogP contribution in [0.2, 0.25) is 0 Å². The molecule has 6 nitrogen and oxygen atoms in total. The highest BCUT2D eigenvalue weighted by atomic mass is 19.1. The largest absolute Gasteiger partial charge is 0.481 e. The molecule has 1 aromatic carbocycles. The van der Waals surface area contributed by atoms with E-state index in [2.05, 4.69) is 0 Å². The molecule has 0 aromatic heterocycles. The van der Waals surface area contributed by atoms with Gasteiger partial charge in [-0.25, -0.2) is 9.18 Å². The van der Waals surface area contributed by atoms with Crippen LogP contribution in [-0.2, 0) is 9.53 Å². The predicted molar refractivity (Wildman–Crippen MR) is 73.8 cm³/mol. The zero-order valence-electron chi connectivity index (χ0n) is 11.7. The van der Waals surface area contributed by atoms with Crippen molar-refractivity contribution in [1.82, 2.24) is 4.90 Å². The smallest absolute Gasteiger partial charge is 0.324 e. The summed E-state index contributed by atoms with van der Waals surface area (Å²) in [6, 6.07) is 4.72. The van der Waals surface area contributed by atoms with Crippen LogP contribution >= 0.6 is 0 Å². The summed E-state index contributed by atoms with van der Waals surface area (Å²) in [6.45, 7) is 0.913. The number of carboxylic acids is 1. The van der Waals surface area contributed by atoms with Crippen molar-refractivity contribution in [2.24, 2.45) is 0 Å². The Morgan fingerprint density at radius 3 is 2.71 bits per heavy atom. The summed E-state index contributed by atoms with van der Waals surface area (Å²) in [7, 11) is 1.57. The predicted octanol–water partition coefficient (Wildman–Crippen LogP) is 1.56. The Balaban J connectivity index is 2.12. The van der Waals surface area contributed by atoms with Crippen molar-refractivity contribution in [2.75, 3.05) is 31.7 Å². The number of benzene rings is 1. The second kappa shape index (κ2) is 6.53. The van der Waals surface area contributed by atoms with Gasteiger partial charge in [0.05, 0.1) is 25.7 Å². The first-order valence-corrected chi connectivity index (χ1v) is 6.58. The van der Waals surface area contributed by atoms with E-state index in [1.165, 1.54) is 34.1 Å². The molecule has 1 atom stereocenters. The summed E-state index contributed by atoms with van der Waals surface area (Å²) in [6.07, 6.45) is -0.164. The quantitative estimate of drug-likeness (QED) is 0.919. The van der Waals surface area contributed by atoms with E-state index in [1.54, 1.807) is 7.05 Å². The molecular weight excluding hydrogens is 279 g/mol. The third-order valence-corrected chi connectivity index (χ3v) is 3.38. The fraction of sp³-hybridized carbons (Fsp3) is 0.429. The Labute approximate surface area is 121 Å². The molecule has 1 fully saturated rings. The Bertz CT molecular complexity index is 520. The zero-order chi connectivity index (χ0) is 15.4. The summed E-state index contributed by atoms with van der Waals surface area (Å²) < 4.78 is 18.2. The van der Waals surface area contributed by atoms with Crippen LogP contribution < -0.4 is 4.90 Å². The number of halogens is 1. The number of hydrogen-bond acceptors (Lipinski definition) is 3.